The Kier molecular flexibility index (Phi) is 5.47. The predicted molar refractivity (Wildman–Crippen MR) is 86.2 cm³/mol. The summed E-state index contributed by atoms with van der Waals surface area (Å²) in [5, 5.41) is 3.22. The number of nitrogens with one attached hydrogen (secondary N) is 1. The SMILES string of the molecule is Nc1cc(Cl)ccc1NC(=O)CCSc1ccccc1F. The molecule has 0 aliphatic carbocycles. The highest BCUT2D eigenvalue weighted by Gasteiger charge is 2.07. The highest BCUT2D eigenvalue weighted by molar-refractivity contribution is 7.99. The molecule has 0 saturated carbocycles. The molecule has 0 atom stereocenters. The van der Waals surface area contributed by atoms with Crippen LogP contribution in [0.3, 0.4) is 0 Å². The van der Waals surface area contributed by atoms with Crippen LogP contribution in [0.5, 0.6) is 0 Å². The van der Waals surface area contributed by atoms with E-state index >= 15 is 0 Å². The highest BCUT2D eigenvalue weighted by Crippen LogP contribution is 2.24. The molecule has 2 aromatic carbocycles. The van der Waals surface area contributed by atoms with E-state index in [1.54, 1.807) is 36.4 Å². The van der Waals surface area contributed by atoms with Gasteiger partial charge in [-0.2, -0.15) is 0 Å². The molecule has 0 aliphatic rings. The number of nitrogen functional groups attached to an aromatic ring is 1. The van der Waals surface area contributed by atoms with Gasteiger partial charge in [-0.3, -0.25) is 4.79 Å². The minimum atomic E-state index is -0.273. The van der Waals surface area contributed by atoms with Crippen molar-refractivity contribution in [1.29, 1.82) is 0 Å². The van der Waals surface area contributed by atoms with E-state index in [-0.39, 0.29) is 18.1 Å². The number of rotatable bonds is 5. The van der Waals surface area contributed by atoms with Gasteiger partial charge in [-0.1, -0.05) is 23.7 Å². The zero-order chi connectivity index (χ0) is 15.2. The molecule has 1 amide bonds. The third-order valence-corrected chi connectivity index (χ3v) is 4.00. The maximum absolute atomic E-state index is 13.4. The van der Waals surface area contributed by atoms with Crippen molar-refractivity contribution in [3.63, 3.8) is 0 Å². The van der Waals surface area contributed by atoms with Gasteiger partial charge in [-0.05, 0) is 30.3 Å². The fraction of sp³-hybridized carbons (Fsp3) is 0.133. The lowest BCUT2D eigenvalue weighted by Crippen LogP contribution is -2.13. The first-order valence-corrected chi connectivity index (χ1v) is 7.65. The van der Waals surface area contributed by atoms with Gasteiger partial charge in [0.1, 0.15) is 5.82 Å². The number of anilines is 2. The Morgan fingerprint density at radius 3 is 2.76 bits per heavy atom. The minimum Gasteiger partial charge on any atom is -0.397 e. The zero-order valence-electron chi connectivity index (χ0n) is 11.1. The number of carbonyl (C=O) groups is 1. The first kappa shape index (κ1) is 15.7. The third-order valence-electron chi connectivity index (χ3n) is 2.71. The number of thioether (sulfide) groups is 1. The molecule has 0 bridgehead atoms. The van der Waals surface area contributed by atoms with Gasteiger partial charge in [-0.25, -0.2) is 4.39 Å². The first-order chi connectivity index (χ1) is 10.1. The van der Waals surface area contributed by atoms with Crippen molar-refractivity contribution in [2.24, 2.45) is 0 Å². The molecule has 0 saturated heterocycles. The lowest BCUT2D eigenvalue weighted by Gasteiger charge is -2.08. The van der Waals surface area contributed by atoms with Crippen molar-refractivity contribution in [3.8, 4) is 0 Å². The summed E-state index contributed by atoms with van der Waals surface area (Å²) in [5.41, 5.74) is 6.70. The Morgan fingerprint density at radius 1 is 1.29 bits per heavy atom. The van der Waals surface area contributed by atoms with Crippen LogP contribution in [0.1, 0.15) is 6.42 Å². The Balaban J connectivity index is 1.84. The van der Waals surface area contributed by atoms with Gasteiger partial charge >= 0.3 is 0 Å². The van der Waals surface area contributed by atoms with Gasteiger partial charge in [0.15, 0.2) is 0 Å². The molecule has 0 radical (unpaired) electrons. The van der Waals surface area contributed by atoms with E-state index in [0.29, 0.717) is 27.0 Å². The fourth-order valence-corrected chi connectivity index (χ4v) is 2.74. The number of halogens is 2. The molecule has 0 aliphatic heterocycles. The predicted octanol–water partition coefficient (Wildman–Crippen LogP) is 4.18. The second kappa shape index (κ2) is 7.33. The average Bonchev–Trinajstić information content (AvgIpc) is 2.44. The molecule has 0 fully saturated rings. The fourth-order valence-electron chi connectivity index (χ4n) is 1.68. The normalized spacial score (nSPS) is 10.4. The molecule has 6 heteroatoms. The van der Waals surface area contributed by atoms with Crippen LogP contribution in [0, 0.1) is 5.82 Å². The first-order valence-electron chi connectivity index (χ1n) is 6.28. The molecular formula is C15H14ClFN2OS. The van der Waals surface area contributed by atoms with Gasteiger partial charge in [0.2, 0.25) is 5.91 Å². The van der Waals surface area contributed by atoms with E-state index in [1.165, 1.54) is 17.8 Å². The second-order valence-corrected chi connectivity index (χ2v) is 5.88. The standard InChI is InChI=1S/C15H14ClFN2OS/c16-10-5-6-13(12(18)9-10)19-15(20)7-8-21-14-4-2-1-3-11(14)17/h1-6,9H,7-8,18H2,(H,19,20). The number of carbonyl (C=O) groups excluding carboxylic acids is 1. The van der Waals surface area contributed by atoms with Gasteiger partial charge in [0.05, 0.1) is 11.4 Å². The van der Waals surface area contributed by atoms with E-state index in [2.05, 4.69) is 5.32 Å². The number of amides is 1. The number of hydrogen-bond acceptors (Lipinski definition) is 3. The van der Waals surface area contributed by atoms with Gasteiger partial charge in [0, 0.05) is 22.1 Å². The van der Waals surface area contributed by atoms with Crippen molar-refractivity contribution >= 4 is 40.6 Å². The molecule has 0 aromatic heterocycles. The molecule has 3 N–H and O–H groups in total. The summed E-state index contributed by atoms with van der Waals surface area (Å²) < 4.78 is 13.4. The van der Waals surface area contributed by atoms with Crippen LogP contribution in [0.4, 0.5) is 15.8 Å². The number of hydrogen-bond donors (Lipinski definition) is 2. The quantitative estimate of drug-likeness (QED) is 0.640. The lowest BCUT2D eigenvalue weighted by molar-refractivity contribution is -0.115. The summed E-state index contributed by atoms with van der Waals surface area (Å²) in [7, 11) is 0. The molecule has 3 nitrogen and oxygen atoms in total. The van der Waals surface area contributed by atoms with Crippen molar-refractivity contribution < 1.29 is 9.18 Å². The summed E-state index contributed by atoms with van der Waals surface area (Å²) in [6.45, 7) is 0. The molecule has 110 valence electrons. The topological polar surface area (TPSA) is 55.1 Å². The molecular weight excluding hydrogens is 311 g/mol. The molecule has 0 spiro atoms. The summed E-state index contributed by atoms with van der Waals surface area (Å²) in [6, 6.07) is 11.4. The van der Waals surface area contributed by atoms with Crippen LogP contribution < -0.4 is 11.1 Å². The van der Waals surface area contributed by atoms with Crippen molar-refractivity contribution in [3.05, 3.63) is 53.3 Å². The van der Waals surface area contributed by atoms with Gasteiger partial charge < -0.3 is 11.1 Å². The van der Waals surface area contributed by atoms with Crippen LogP contribution in [0.15, 0.2) is 47.4 Å². The Bertz CT molecular complexity index is 651. The molecule has 0 unspecified atom stereocenters. The highest BCUT2D eigenvalue weighted by atomic mass is 35.5. The van der Waals surface area contributed by atoms with Crippen molar-refractivity contribution in [2.45, 2.75) is 11.3 Å². The summed E-state index contributed by atoms with van der Waals surface area (Å²) >= 11 is 7.09. The molecule has 2 aromatic rings. The maximum Gasteiger partial charge on any atom is 0.225 e. The number of benzene rings is 2. The Hall–Kier alpha value is -1.72. The van der Waals surface area contributed by atoms with E-state index in [9.17, 15) is 9.18 Å². The Morgan fingerprint density at radius 2 is 2.05 bits per heavy atom. The summed E-state index contributed by atoms with van der Waals surface area (Å²) in [4.78, 5) is 12.4. The Labute approximate surface area is 131 Å². The molecule has 21 heavy (non-hydrogen) atoms. The van der Waals surface area contributed by atoms with Crippen LogP contribution >= 0.6 is 23.4 Å². The van der Waals surface area contributed by atoms with Crippen molar-refractivity contribution in [2.75, 3.05) is 16.8 Å². The van der Waals surface area contributed by atoms with E-state index < -0.39 is 0 Å². The third kappa shape index (κ3) is 4.65. The number of nitrogens with two attached hydrogens (primary N) is 1. The monoisotopic (exact) mass is 324 g/mol. The van der Waals surface area contributed by atoms with Crippen LogP contribution in [0.25, 0.3) is 0 Å². The van der Waals surface area contributed by atoms with E-state index in [0.717, 1.165) is 0 Å². The second-order valence-electron chi connectivity index (χ2n) is 4.31. The van der Waals surface area contributed by atoms with Crippen molar-refractivity contribution in [1.82, 2.24) is 0 Å². The minimum absolute atomic E-state index is 0.173. The summed E-state index contributed by atoms with van der Waals surface area (Å²) in [5.74, 6) is 0.0398. The van der Waals surface area contributed by atoms with E-state index in [4.69, 9.17) is 17.3 Å². The smallest absolute Gasteiger partial charge is 0.225 e. The van der Waals surface area contributed by atoms with Gasteiger partial charge in [0.25, 0.3) is 0 Å². The van der Waals surface area contributed by atoms with Crippen LogP contribution in [0.2, 0.25) is 5.02 Å². The molecule has 2 rings (SSSR count). The average molecular weight is 325 g/mol. The van der Waals surface area contributed by atoms with Crippen LogP contribution in [-0.2, 0) is 4.79 Å². The largest absolute Gasteiger partial charge is 0.397 e. The maximum atomic E-state index is 13.4. The lowest BCUT2D eigenvalue weighted by atomic mass is 10.2. The summed E-state index contributed by atoms with van der Waals surface area (Å²) in [6.07, 6.45) is 0.265. The van der Waals surface area contributed by atoms with Crippen LogP contribution in [-0.4, -0.2) is 11.7 Å². The van der Waals surface area contributed by atoms with E-state index in [1.807, 2.05) is 0 Å². The van der Waals surface area contributed by atoms with Gasteiger partial charge in [-0.15, -0.1) is 11.8 Å². The molecule has 0 heterocycles. The zero-order valence-corrected chi connectivity index (χ0v) is 12.7.